The number of halogens is 4. The van der Waals surface area contributed by atoms with Crippen molar-refractivity contribution in [1.29, 1.82) is 0 Å². The van der Waals surface area contributed by atoms with Crippen LogP contribution in [0.15, 0.2) is 36.4 Å². The molecule has 2 atom stereocenters. The van der Waals surface area contributed by atoms with Gasteiger partial charge in [-0.2, -0.15) is 0 Å². The third kappa shape index (κ3) is 5.34. The summed E-state index contributed by atoms with van der Waals surface area (Å²) in [7, 11) is 0. The molecule has 7 nitrogen and oxygen atoms in total. The molecule has 1 N–H and O–H groups in total. The van der Waals surface area contributed by atoms with Crippen molar-refractivity contribution < 1.29 is 19.4 Å². The fraction of sp³-hybridized carbons (Fsp3) is 0.200. The number of thioether (sulfide) groups is 1. The highest BCUT2D eigenvalue weighted by atomic mass is 35.5. The Kier molecular flexibility index (Phi) is 7.57. The summed E-state index contributed by atoms with van der Waals surface area (Å²) in [5.74, 6) is -1.19. The summed E-state index contributed by atoms with van der Waals surface area (Å²) >= 11 is 26.9. The van der Waals surface area contributed by atoms with Gasteiger partial charge in [-0.15, -0.1) is 22.0 Å². The number of hydrogen-bond acceptors (Lipinski definition) is 7. The Balaban J connectivity index is 1.59. The Morgan fingerprint density at radius 3 is 2.45 bits per heavy atom. The fourth-order valence-corrected chi connectivity index (χ4v) is 6.66. The lowest BCUT2D eigenvalue weighted by Crippen LogP contribution is -2.31. The standard InChI is InChI=1S/C20H13Cl4N3O4S2/c21-9-5-12(23)17(13(24)6-9)31-8-15-25-26-20(33-15)27-18(30)14(7-16(28)29)32-19(27)10-3-1-2-4-11(10)22/h1-6,14,19H,7-8H2,(H,28,29). The van der Waals surface area contributed by atoms with Crippen LogP contribution in [0.25, 0.3) is 0 Å². The van der Waals surface area contributed by atoms with Crippen molar-refractivity contribution in [2.75, 3.05) is 4.90 Å². The highest BCUT2D eigenvalue weighted by Crippen LogP contribution is 2.49. The highest BCUT2D eigenvalue weighted by Gasteiger charge is 2.45. The van der Waals surface area contributed by atoms with Crippen LogP contribution in [0.2, 0.25) is 20.1 Å². The molecule has 2 heterocycles. The van der Waals surface area contributed by atoms with Crippen molar-refractivity contribution in [3.63, 3.8) is 0 Å². The molecule has 2 unspecified atom stereocenters. The molecular weight excluding hydrogens is 552 g/mol. The van der Waals surface area contributed by atoms with E-state index in [1.54, 1.807) is 24.3 Å². The van der Waals surface area contributed by atoms with Crippen LogP contribution in [0.4, 0.5) is 5.13 Å². The topological polar surface area (TPSA) is 92.6 Å². The molecule has 33 heavy (non-hydrogen) atoms. The van der Waals surface area contributed by atoms with E-state index in [-0.39, 0.29) is 34.7 Å². The first-order valence-electron chi connectivity index (χ1n) is 9.29. The van der Waals surface area contributed by atoms with E-state index < -0.39 is 16.6 Å². The number of nitrogens with zero attached hydrogens (tertiary/aromatic N) is 3. The van der Waals surface area contributed by atoms with Gasteiger partial charge in [0.25, 0.3) is 0 Å². The number of amides is 1. The van der Waals surface area contributed by atoms with Gasteiger partial charge in [-0.1, -0.05) is 75.9 Å². The zero-order chi connectivity index (χ0) is 23.7. The maximum absolute atomic E-state index is 13.1. The van der Waals surface area contributed by atoms with Crippen molar-refractivity contribution in [3.05, 3.63) is 67.1 Å². The van der Waals surface area contributed by atoms with Crippen molar-refractivity contribution in [2.45, 2.75) is 23.7 Å². The first kappa shape index (κ1) is 24.4. The number of anilines is 1. The minimum Gasteiger partial charge on any atom is -0.483 e. The Morgan fingerprint density at radius 2 is 1.79 bits per heavy atom. The van der Waals surface area contributed by atoms with Gasteiger partial charge in [0, 0.05) is 15.6 Å². The molecule has 13 heteroatoms. The summed E-state index contributed by atoms with van der Waals surface area (Å²) in [4.78, 5) is 25.8. The minimum absolute atomic E-state index is 0.00320. The normalized spacial score (nSPS) is 18.1. The van der Waals surface area contributed by atoms with Gasteiger partial charge in [0.05, 0.1) is 21.7 Å². The van der Waals surface area contributed by atoms with Crippen molar-refractivity contribution in [2.24, 2.45) is 0 Å². The van der Waals surface area contributed by atoms with E-state index in [0.29, 0.717) is 25.7 Å². The number of rotatable bonds is 7. The van der Waals surface area contributed by atoms with Crippen LogP contribution in [0, 0.1) is 0 Å². The average Bonchev–Trinajstić information content (AvgIpc) is 3.32. The third-order valence-electron chi connectivity index (χ3n) is 4.54. The van der Waals surface area contributed by atoms with E-state index in [2.05, 4.69) is 10.2 Å². The summed E-state index contributed by atoms with van der Waals surface area (Å²) in [6.45, 7) is 0.00320. The molecule has 4 rings (SSSR count). The smallest absolute Gasteiger partial charge is 0.305 e. The predicted molar refractivity (Wildman–Crippen MR) is 131 cm³/mol. The van der Waals surface area contributed by atoms with Gasteiger partial charge in [-0.25, -0.2) is 0 Å². The molecule has 1 fully saturated rings. The zero-order valence-corrected chi connectivity index (χ0v) is 21.0. The van der Waals surface area contributed by atoms with Crippen LogP contribution in [0.1, 0.15) is 22.4 Å². The lowest BCUT2D eigenvalue weighted by atomic mass is 10.2. The fourth-order valence-electron chi connectivity index (χ4n) is 3.12. The molecule has 172 valence electrons. The molecule has 1 aliphatic heterocycles. The largest absolute Gasteiger partial charge is 0.483 e. The van der Waals surface area contributed by atoms with Gasteiger partial charge < -0.3 is 9.84 Å². The lowest BCUT2D eigenvalue weighted by Gasteiger charge is -2.21. The van der Waals surface area contributed by atoms with Crippen LogP contribution in [0.5, 0.6) is 5.75 Å². The van der Waals surface area contributed by atoms with Crippen LogP contribution < -0.4 is 9.64 Å². The average molecular weight is 565 g/mol. The summed E-state index contributed by atoms with van der Waals surface area (Å²) in [5.41, 5.74) is 0.679. The number of aromatic nitrogens is 2. The second kappa shape index (κ2) is 10.2. The molecule has 0 bridgehead atoms. The number of hydrogen-bond donors (Lipinski definition) is 1. The molecule has 2 aromatic carbocycles. The molecule has 1 saturated heterocycles. The molecule has 3 aromatic rings. The van der Waals surface area contributed by atoms with E-state index in [1.807, 2.05) is 0 Å². The van der Waals surface area contributed by atoms with Crippen molar-refractivity contribution >= 4 is 86.5 Å². The summed E-state index contributed by atoms with van der Waals surface area (Å²) in [6, 6.07) is 10.1. The number of carbonyl (C=O) groups is 2. The SMILES string of the molecule is O=C(O)CC1SC(c2ccccc2Cl)N(c2nnc(COc3c(Cl)cc(Cl)cc3Cl)s2)C1=O. The summed E-state index contributed by atoms with van der Waals surface area (Å²) in [6.07, 6.45) is -0.316. The van der Waals surface area contributed by atoms with Gasteiger partial charge in [-0.3, -0.25) is 14.5 Å². The van der Waals surface area contributed by atoms with Gasteiger partial charge in [-0.05, 0) is 18.2 Å². The van der Waals surface area contributed by atoms with E-state index in [4.69, 9.17) is 51.1 Å². The predicted octanol–water partition coefficient (Wildman–Crippen LogP) is 6.35. The van der Waals surface area contributed by atoms with Crippen molar-refractivity contribution in [3.8, 4) is 5.75 Å². The number of carboxylic acids is 1. The Bertz CT molecular complexity index is 1200. The number of ether oxygens (including phenoxy) is 1. The van der Waals surface area contributed by atoms with Crippen LogP contribution in [0.3, 0.4) is 0 Å². The quantitative estimate of drug-likeness (QED) is 0.357. The molecule has 0 aliphatic carbocycles. The Morgan fingerprint density at radius 1 is 1.09 bits per heavy atom. The second-order valence-electron chi connectivity index (χ2n) is 6.77. The van der Waals surface area contributed by atoms with Gasteiger partial charge in [0.1, 0.15) is 12.0 Å². The van der Waals surface area contributed by atoms with Gasteiger partial charge in [0.15, 0.2) is 10.8 Å². The number of benzene rings is 2. The van der Waals surface area contributed by atoms with Gasteiger partial charge >= 0.3 is 5.97 Å². The Labute approximate surface area is 216 Å². The zero-order valence-electron chi connectivity index (χ0n) is 16.4. The molecule has 1 aromatic heterocycles. The van der Waals surface area contributed by atoms with Crippen molar-refractivity contribution in [1.82, 2.24) is 10.2 Å². The third-order valence-corrected chi connectivity index (χ3v) is 7.98. The molecule has 0 radical (unpaired) electrons. The van der Waals surface area contributed by atoms with Crippen LogP contribution in [-0.4, -0.2) is 32.4 Å². The molecule has 1 aliphatic rings. The minimum atomic E-state index is -1.07. The van der Waals surface area contributed by atoms with E-state index in [0.717, 1.165) is 11.3 Å². The highest BCUT2D eigenvalue weighted by molar-refractivity contribution is 8.01. The molecule has 0 saturated carbocycles. The van der Waals surface area contributed by atoms with E-state index >= 15 is 0 Å². The number of carboxylic acid groups (broad SMARTS) is 1. The molecular formula is C20H13Cl4N3O4S2. The maximum atomic E-state index is 13.1. The lowest BCUT2D eigenvalue weighted by molar-refractivity contribution is -0.138. The van der Waals surface area contributed by atoms with Crippen LogP contribution >= 0.6 is 69.5 Å². The number of aliphatic carboxylic acids is 1. The van der Waals surface area contributed by atoms with Crippen LogP contribution in [-0.2, 0) is 16.2 Å². The summed E-state index contributed by atoms with van der Waals surface area (Å²) < 4.78 is 5.69. The first-order chi connectivity index (χ1) is 15.7. The first-order valence-corrected chi connectivity index (χ1v) is 12.6. The van der Waals surface area contributed by atoms with E-state index in [9.17, 15) is 14.7 Å². The Hall–Kier alpha value is -1.75. The van der Waals surface area contributed by atoms with Gasteiger partial charge in [0.2, 0.25) is 11.0 Å². The summed E-state index contributed by atoms with van der Waals surface area (Å²) in [5, 5.41) is 18.2. The monoisotopic (exact) mass is 563 g/mol. The second-order valence-corrected chi connectivity index (χ2v) is 10.8. The maximum Gasteiger partial charge on any atom is 0.305 e. The number of carbonyl (C=O) groups excluding carboxylic acids is 1. The van der Waals surface area contributed by atoms with E-state index in [1.165, 1.54) is 28.8 Å². The molecule has 0 spiro atoms. The molecule has 1 amide bonds.